The standard InChI is InChI=1S/C21H32N4O7/c1-12(2)8-14(22)18(28)24-16(10-26)20(30)25-17(11-27)19(29)23-15(21(31)32)9-13-6-4-3-5-7-13/h3-7,12,14-17,26-27H,8-11,22H2,1-2H3,(H,23,29)(H,24,28)(H,25,30)(H,31,32)/t14-,15-,16-,17-/m0/s1. The molecule has 32 heavy (non-hydrogen) atoms. The summed E-state index contributed by atoms with van der Waals surface area (Å²) in [6.07, 6.45) is 0.363. The van der Waals surface area contributed by atoms with Crippen LogP contribution in [0.1, 0.15) is 25.8 Å². The molecule has 11 heteroatoms. The molecule has 1 rings (SSSR count). The Morgan fingerprint density at radius 1 is 0.844 bits per heavy atom. The van der Waals surface area contributed by atoms with E-state index in [9.17, 15) is 34.5 Å². The van der Waals surface area contributed by atoms with Crippen LogP contribution in [0.25, 0.3) is 0 Å². The number of carbonyl (C=O) groups is 4. The van der Waals surface area contributed by atoms with Gasteiger partial charge in [0, 0.05) is 6.42 Å². The van der Waals surface area contributed by atoms with Crippen LogP contribution in [0.4, 0.5) is 0 Å². The van der Waals surface area contributed by atoms with Crippen molar-refractivity contribution < 1.29 is 34.5 Å². The molecule has 178 valence electrons. The Kier molecular flexibility index (Phi) is 11.3. The summed E-state index contributed by atoms with van der Waals surface area (Å²) in [7, 11) is 0. The number of carboxylic acids is 1. The van der Waals surface area contributed by atoms with Gasteiger partial charge in [-0.3, -0.25) is 14.4 Å². The number of benzene rings is 1. The van der Waals surface area contributed by atoms with Crippen LogP contribution in [-0.2, 0) is 25.6 Å². The minimum atomic E-state index is -1.49. The van der Waals surface area contributed by atoms with Gasteiger partial charge in [0.2, 0.25) is 17.7 Å². The molecular weight excluding hydrogens is 420 g/mol. The summed E-state index contributed by atoms with van der Waals surface area (Å²) >= 11 is 0. The number of aliphatic hydroxyl groups is 2. The zero-order valence-electron chi connectivity index (χ0n) is 18.2. The van der Waals surface area contributed by atoms with Gasteiger partial charge in [-0.1, -0.05) is 44.2 Å². The summed E-state index contributed by atoms with van der Waals surface area (Å²) in [4.78, 5) is 48.5. The molecule has 0 radical (unpaired) electrons. The second-order valence-corrected chi connectivity index (χ2v) is 7.81. The number of nitrogens with one attached hydrogen (secondary N) is 3. The van der Waals surface area contributed by atoms with E-state index in [0.29, 0.717) is 12.0 Å². The molecular formula is C21H32N4O7. The van der Waals surface area contributed by atoms with Crippen molar-refractivity contribution in [2.75, 3.05) is 13.2 Å². The number of amides is 3. The van der Waals surface area contributed by atoms with Crippen molar-refractivity contribution in [3.05, 3.63) is 35.9 Å². The van der Waals surface area contributed by atoms with E-state index in [-0.39, 0.29) is 12.3 Å². The van der Waals surface area contributed by atoms with Crippen LogP contribution in [0.5, 0.6) is 0 Å². The van der Waals surface area contributed by atoms with E-state index < -0.39 is 61.1 Å². The smallest absolute Gasteiger partial charge is 0.326 e. The van der Waals surface area contributed by atoms with E-state index >= 15 is 0 Å². The van der Waals surface area contributed by atoms with E-state index in [0.717, 1.165) is 0 Å². The van der Waals surface area contributed by atoms with Crippen LogP contribution in [0.2, 0.25) is 0 Å². The molecule has 0 bridgehead atoms. The molecule has 0 aliphatic heterocycles. The minimum absolute atomic E-state index is 0.00291. The third-order valence-corrected chi connectivity index (χ3v) is 4.59. The first-order valence-corrected chi connectivity index (χ1v) is 10.2. The molecule has 1 aromatic rings. The molecule has 11 nitrogen and oxygen atoms in total. The normalized spacial score (nSPS) is 14.7. The highest BCUT2D eigenvalue weighted by Crippen LogP contribution is 2.05. The first kappa shape index (κ1) is 27.0. The Morgan fingerprint density at radius 2 is 1.31 bits per heavy atom. The highest BCUT2D eigenvalue weighted by Gasteiger charge is 2.30. The van der Waals surface area contributed by atoms with Crippen molar-refractivity contribution in [3.8, 4) is 0 Å². The SMILES string of the molecule is CC(C)C[C@H](N)C(=O)N[C@@H](CO)C(=O)N[C@@H](CO)C(=O)N[C@@H](Cc1ccccc1)C(=O)O. The lowest BCUT2D eigenvalue weighted by Crippen LogP contribution is -2.59. The van der Waals surface area contributed by atoms with Crippen molar-refractivity contribution in [1.82, 2.24) is 16.0 Å². The molecule has 0 fully saturated rings. The van der Waals surface area contributed by atoms with Crippen LogP contribution in [0.15, 0.2) is 30.3 Å². The molecule has 0 heterocycles. The summed E-state index contributed by atoms with van der Waals surface area (Å²) in [5.41, 5.74) is 6.43. The maximum Gasteiger partial charge on any atom is 0.326 e. The molecule has 0 unspecified atom stereocenters. The van der Waals surface area contributed by atoms with Gasteiger partial charge in [0.05, 0.1) is 19.3 Å². The molecule has 3 amide bonds. The van der Waals surface area contributed by atoms with Gasteiger partial charge >= 0.3 is 5.97 Å². The lowest BCUT2D eigenvalue weighted by molar-refractivity contribution is -0.142. The molecule has 8 N–H and O–H groups in total. The van der Waals surface area contributed by atoms with E-state index in [1.54, 1.807) is 30.3 Å². The lowest BCUT2D eigenvalue weighted by atomic mass is 10.0. The predicted molar refractivity (Wildman–Crippen MR) is 115 cm³/mol. The van der Waals surface area contributed by atoms with Gasteiger partial charge in [0.15, 0.2) is 0 Å². The Hall–Kier alpha value is -3.02. The van der Waals surface area contributed by atoms with Crippen LogP contribution < -0.4 is 21.7 Å². The monoisotopic (exact) mass is 452 g/mol. The number of hydrogen-bond acceptors (Lipinski definition) is 7. The average molecular weight is 453 g/mol. The van der Waals surface area contributed by atoms with Crippen molar-refractivity contribution in [2.45, 2.75) is 50.9 Å². The molecule has 0 spiro atoms. The van der Waals surface area contributed by atoms with Crippen LogP contribution in [0.3, 0.4) is 0 Å². The van der Waals surface area contributed by atoms with Crippen molar-refractivity contribution in [1.29, 1.82) is 0 Å². The summed E-state index contributed by atoms with van der Waals surface area (Å²) in [6, 6.07) is 3.55. The summed E-state index contributed by atoms with van der Waals surface area (Å²) in [5.74, 6) is -3.65. The largest absolute Gasteiger partial charge is 0.480 e. The fraction of sp³-hybridized carbons (Fsp3) is 0.524. The number of rotatable bonds is 13. The minimum Gasteiger partial charge on any atom is -0.480 e. The molecule has 0 saturated heterocycles. The fourth-order valence-corrected chi connectivity index (χ4v) is 2.88. The molecule has 0 aromatic heterocycles. The molecule has 1 aromatic carbocycles. The highest BCUT2D eigenvalue weighted by molar-refractivity contribution is 5.94. The average Bonchev–Trinajstić information content (AvgIpc) is 2.74. The number of carboxylic acid groups (broad SMARTS) is 1. The highest BCUT2D eigenvalue weighted by atomic mass is 16.4. The van der Waals surface area contributed by atoms with Crippen LogP contribution in [-0.4, -0.2) is 76.4 Å². The topological polar surface area (TPSA) is 191 Å². The quantitative estimate of drug-likeness (QED) is 0.181. The first-order valence-electron chi connectivity index (χ1n) is 10.2. The lowest BCUT2D eigenvalue weighted by Gasteiger charge is -2.23. The molecule has 0 saturated carbocycles. The van der Waals surface area contributed by atoms with Gasteiger partial charge in [-0.05, 0) is 17.9 Å². The third-order valence-electron chi connectivity index (χ3n) is 4.59. The summed E-state index contributed by atoms with van der Waals surface area (Å²) < 4.78 is 0. The van der Waals surface area contributed by atoms with Gasteiger partial charge < -0.3 is 37.0 Å². The van der Waals surface area contributed by atoms with Gasteiger partial charge in [-0.25, -0.2) is 4.79 Å². The fourth-order valence-electron chi connectivity index (χ4n) is 2.88. The van der Waals surface area contributed by atoms with E-state index in [2.05, 4.69) is 16.0 Å². The predicted octanol–water partition coefficient (Wildman–Crippen LogP) is -1.87. The third kappa shape index (κ3) is 9.00. The van der Waals surface area contributed by atoms with E-state index in [1.165, 1.54) is 0 Å². The van der Waals surface area contributed by atoms with Crippen LogP contribution >= 0.6 is 0 Å². The van der Waals surface area contributed by atoms with Gasteiger partial charge in [-0.2, -0.15) is 0 Å². The Labute approximate surface area is 186 Å². The molecule has 4 atom stereocenters. The number of nitrogens with two attached hydrogens (primary N) is 1. The zero-order valence-corrected chi connectivity index (χ0v) is 18.2. The number of hydrogen-bond donors (Lipinski definition) is 7. The Bertz CT molecular complexity index is 773. The second kappa shape index (κ2) is 13.4. The van der Waals surface area contributed by atoms with E-state index in [4.69, 9.17) is 5.73 Å². The van der Waals surface area contributed by atoms with Gasteiger partial charge in [-0.15, -0.1) is 0 Å². The maximum absolute atomic E-state index is 12.5. The molecule has 0 aliphatic carbocycles. The first-order chi connectivity index (χ1) is 15.1. The Morgan fingerprint density at radius 3 is 1.75 bits per heavy atom. The second-order valence-electron chi connectivity index (χ2n) is 7.81. The number of aliphatic hydroxyl groups excluding tert-OH is 2. The summed E-state index contributed by atoms with van der Waals surface area (Å²) in [6.45, 7) is 2.15. The molecule has 0 aliphatic rings. The number of carbonyl (C=O) groups excluding carboxylic acids is 3. The Balaban J connectivity index is 2.75. The number of aliphatic carboxylic acids is 1. The summed E-state index contributed by atoms with van der Waals surface area (Å²) in [5, 5.41) is 35.2. The van der Waals surface area contributed by atoms with Crippen LogP contribution in [0, 0.1) is 5.92 Å². The van der Waals surface area contributed by atoms with Crippen molar-refractivity contribution >= 4 is 23.7 Å². The maximum atomic E-state index is 12.5. The van der Waals surface area contributed by atoms with Crippen molar-refractivity contribution in [2.24, 2.45) is 11.7 Å². The van der Waals surface area contributed by atoms with Gasteiger partial charge in [0.25, 0.3) is 0 Å². The van der Waals surface area contributed by atoms with E-state index in [1.807, 2.05) is 13.8 Å². The van der Waals surface area contributed by atoms with Crippen molar-refractivity contribution in [3.63, 3.8) is 0 Å². The zero-order chi connectivity index (χ0) is 24.3. The van der Waals surface area contributed by atoms with Gasteiger partial charge in [0.1, 0.15) is 18.1 Å².